The molecule has 1 N–H and O–H groups in total. The molecule has 2 aliphatic carbocycles. The highest BCUT2D eigenvalue weighted by atomic mass is 16.5. The molecule has 3 amide bonds. The number of ether oxygens (including phenoxy) is 1. The minimum atomic E-state index is -1.09. The number of amides is 3. The van der Waals surface area contributed by atoms with Gasteiger partial charge in [0.25, 0.3) is 5.91 Å². The lowest BCUT2D eigenvalue weighted by atomic mass is 9.85. The molecule has 7 heteroatoms. The van der Waals surface area contributed by atoms with Crippen LogP contribution in [0.2, 0.25) is 0 Å². The minimum Gasteiger partial charge on any atom is -0.451 e. The van der Waals surface area contributed by atoms with Crippen molar-refractivity contribution >= 4 is 29.4 Å². The Hall–Kier alpha value is -3.74. The van der Waals surface area contributed by atoms with Gasteiger partial charge in [-0.25, -0.2) is 0 Å². The van der Waals surface area contributed by atoms with E-state index in [0.717, 1.165) is 22.4 Å². The van der Waals surface area contributed by atoms with E-state index < -0.39 is 24.5 Å². The number of nitrogens with one attached hydrogen (secondary N) is 1. The predicted molar refractivity (Wildman–Crippen MR) is 120 cm³/mol. The summed E-state index contributed by atoms with van der Waals surface area (Å²) in [6.07, 6.45) is 3.73. The first kappa shape index (κ1) is 21.1. The molecule has 5 atom stereocenters. The van der Waals surface area contributed by atoms with E-state index in [2.05, 4.69) is 5.32 Å². The Morgan fingerprint density at radius 2 is 1.58 bits per heavy atom. The highest BCUT2D eigenvalue weighted by molar-refractivity contribution is 6.08. The van der Waals surface area contributed by atoms with Crippen LogP contribution >= 0.6 is 0 Å². The number of fused-ring (bicyclic) bond motifs is 5. The van der Waals surface area contributed by atoms with Gasteiger partial charge in [0.05, 0.1) is 11.8 Å². The number of likely N-dealkylation sites (tertiary alicyclic amines) is 1. The molecule has 2 bridgehead atoms. The van der Waals surface area contributed by atoms with E-state index in [1.54, 1.807) is 6.07 Å². The first-order valence-electron chi connectivity index (χ1n) is 11.1. The molecular formula is C26H24N2O5. The van der Waals surface area contributed by atoms with Crippen molar-refractivity contribution in [1.29, 1.82) is 0 Å². The molecule has 7 nitrogen and oxygen atoms in total. The molecule has 0 spiro atoms. The number of hydrogen-bond acceptors (Lipinski definition) is 5. The number of benzene rings is 2. The number of allylic oxidation sites excluding steroid dienone is 2. The van der Waals surface area contributed by atoms with Gasteiger partial charge in [0.2, 0.25) is 11.8 Å². The monoisotopic (exact) mass is 444 g/mol. The molecule has 33 heavy (non-hydrogen) atoms. The van der Waals surface area contributed by atoms with Crippen LogP contribution in [0.25, 0.3) is 11.1 Å². The number of rotatable bonds is 6. The Morgan fingerprint density at radius 3 is 2.24 bits per heavy atom. The Kier molecular flexibility index (Phi) is 5.32. The van der Waals surface area contributed by atoms with Crippen molar-refractivity contribution in [2.45, 2.75) is 19.4 Å². The Bertz CT molecular complexity index is 1130. The number of hydrogen-bond donors (Lipinski definition) is 1. The summed E-state index contributed by atoms with van der Waals surface area (Å²) in [5, 5.41) is 2.81. The third-order valence-corrected chi connectivity index (χ3v) is 6.80. The Balaban J connectivity index is 1.21. The normalized spacial score (nSPS) is 25.8. The van der Waals surface area contributed by atoms with Gasteiger partial charge in [-0.2, -0.15) is 0 Å². The molecule has 2 aromatic rings. The average molecular weight is 444 g/mol. The molecule has 1 heterocycles. The van der Waals surface area contributed by atoms with Crippen molar-refractivity contribution in [2.24, 2.45) is 23.7 Å². The minimum absolute atomic E-state index is 0.0758. The SMILES string of the molecule is CC(OC(=O)CN1C(=O)C2C3C=CC(C3)C2C1=O)C(=O)Nc1ccccc1-c1ccccc1. The van der Waals surface area contributed by atoms with Crippen LogP contribution in [0.15, 0.2) is 66.7 Å². The van der Waals surface area contributed by atoms with Gasteiger partial charge < -0.3 is 10.1 Å². The summed E-state index contributed by atoms with van der Waals surface area (Å²) >= 11 is 0. The summed E-state index contributed by atoms with van der Waals surface area (Å²) in [7, 11) is 0. The number of imide groups is 1. The standard InChI is InChI=1S/C26H24N2O5/c1-15(24(30)27-20-10-6-5-9-19(20)16-7-3-2-4-8-16)33-21(29)14-28-25(31)22-17-11-12-18(13-17)23(22)26(28)32/h2-12,15,17-18,22-23H,13-14H2,1H3,(H,27,30). The van der Waals surface area contributed by atoms with E-state index in [1.807, 2.05) is 60.7 Å². The van der Waals surface area contributed by atoms with Crippen molar-refractivity contribution < 1.29 is 23.9 Å². The van der Waals surface area contributed by atoms with Gasteiger partial charge in [-0.3, -0.25) is 24.1 Å². The molecule has 0 aromatic heterocycles. The van der Waals surface area contributed by atoms with Crippen molar-refractivity contribution in [2.75, 3.05) is 11.9 Å². The maximum absolute atomic E-state index is 12.7. The lowest BCUT2D eigenvalue weighted by Crippen LogP contribution is -2.40. The van der Waals surface area contributed by atoms with Crippen molar-refractivity contribution in [1.82, 2.24) is 4.90 Å². The molecular weight excluding hydrogens is 420 g/mol. The van der Waals surface area contributed by atoms with Gasteiger partial charge in [0, 0.05) is 11.3 Å². The lowest BCUT2D eigenvalue weighted by molar-refractivity contribution is -0.158. The van der Waals surface area contributed by atoms with E-state index in [-0.39, 0.29) is 35.5 Å². The predicted octanol–water partition coefficient (Wildman–Crippen LogP) is 3.03. The molecule has 1 saturated carbocycles. The van der Waals surface area contributed by atoms with E-state index in [1.165, 1.54) is 6.92 Å². The highest BCUT2D eigenvalue weighted by Gasteiger charge is 2.59. The Morgan fingerprint density at radius 1 is 0.970 bits per heavy atom. The van der Waals surface area contributed by atoms with Crippen molar-refractivity contribution in [3.05, 3.63) is 66.7 Å². The number of esters is 1. The van der Waals surface area contributed by atoms with Crippen LogP contribution < -0.4 is 5.32 Å². The number of anilines is 1. The fourth-order valence-corrected chi connectivity index (χ4v) is 5.23. The zero-order valence-corrected chi connectivity index (χ0v) is 18.1. The zero-order valence-electron chi connectivity index (χ0n) is 18.1. The third kappa shape index (κ3) is 3.73. The second-order valence-corrected chi connectivity index (χ2v) is 8.80. The average Bonchev–Trinajstić information content (AvgIpc) is 3.50. The van der Waals surface area contributed by atoms with Crippen LogP contribution in [0.3, 0.4) is 0 Å². The first-order valence-corrected chi connectivity index (χ1v) is 11.1. The smallest absolute Gasteiger partial charge is 0.326 e. The molecule has 2 aromatic carbocycles. The summed E-state index contributed by atoms with van der Waals surface area (Å²) in [5.74, 6) is -2.48. The zero-order chi connectivity index (χ0) is 23.1. The summed E-state index contributed by atoms with van der Waals surface area (Å²) in [5.41, 5.74) is 2.38. The van der Waals surface area contributed by atoms with Gasteiger partial charge in [0.1, 0.15) is 6.54 Å². The summed E-state index contributed by atoms with van der Waals surface area (Å²) in [6.45, 7) is 0.993. The summed E-state index contributed by atoms with van der Waals surface area (Å²) in [6, 6.07) is 17.0. The van der Waals surface area contributed by atoms with E-state index in [0.29, 0.717) is 5.69 Å². The van der Waals surface area contributed by atoms with Gasteiger partial charge in [-0.05, 0) is 36.8 Å². The van der Waals surface area contributed by atoms with Crippen LogP contribution in [0.4, 0.5) is 5.69 Å². The fourth-order valence-electron chi connectivity index (χ4n) is 5.23. The van der Waals surface area contributed by atoms with Crippen LogP contribution in [0, 0.1) is 23.7 Å². The number of para-hydroxylation sites is 1. The van der Waals surface area contributed by atoms with Crippen LogP contribution in [-0.2, 0) is 23.9 Å². The molecule has 1 saturated heterocycles. The van der Waals surface area contributed by atoms with Crippen LogP contribution in [-0.4, -0.2) is 41.2 Å². The second kappa shape index (κ2) is 8.31. The van der Waals surface area contributed by atoms with Crippen molar-refractivity contribution in [3.8, 4) is 11.1 Å². The molecule has 168 valence electrons. The highest BCUT2D eigenvalue weighted by Crippen LogP contribution is 2.52. The third-order valence-electron chi connectivity index (χ3n) is 6.80. The first-order chi connectivity index (χ1) is 15.9. The lowest BCUT2D eigenvalue weighted by Gasteiger charge is -2.19. The van der Waals surface area contributed by atoms with E-state index >= 15 is 0 Å². The quantitative estimate of drug-likeness (QED) is 0.420. The van der Waals surface area contributed by atoms with Gasteiger partial charge in [0.15, 0.2) is 6.10 Å². The summed E-state index contributed by atoms with van der Waals surface area (Å²) in [4.78, 5) is 51.7. The van der Waals surface area contributed by atoms with Gasteiger partial charge >= 0.3 is 5.97 Å². The maximum Gasteiger partial charge on any atom is 0.326 e. The molecule has 2 fully saturated rings. The molecule has 0 radical (unpaired) electrons. The molecule has 1 aliphatic heterocycles. The maximum atomic E-state index is 12.7. The van der Waals surface area contributed by atoms with Crippen molar-refractivity contribution in [3.63, 3.8) is 0 Å². The number of carbonyl (C=O) groups excluding carboxylic acids is 4. The molecule has 3 aliphatic rings. The fraction of sp³-hybridized carbons (Fsp3) is 0.308. The molecule has 5 unspecified atom stereocenters. The van der Waals surface area contributed by atoms with Gasteiger partial charge in [-0.1, -0.05) is 60.7 Å². The largest absolute Gasteiger partial charge is 0.451 e. The van der Waals surface area contributed by atoms with Crippen LogP contribution in [0.1, 0.15) is 13.3 Å². The second-order valence-electron chi connectivity index (χ2n) is 8.80. The van der Waals surface area contributed by atoms with E-state index in [9.17, 15) is 19.2 Å². The Labute approximate surface area is 191 Å². The number of nitrogens with zero attached hydrogens (tertiary/aromatic N) is 1. The molecule has 5 rings (SSSR count). The number of carbonyl (C=O) groups is 4. The topological polar surface area (TPSA) is 92.8 Å². The van der Waals surface area contributed by atoms with E-state index in [4.69, 9.17) is 4.74 Å². The van der Waals surface area contributed by atoms with Crippen LogP contribution in [0.5, 0.6) is 0 Å². The van der Waals surface area contributed by atoms with Gasteiger partial charge in [-0.15, -0.1) is 0 Å². The summed E-state index contributed by atoms with van der Waals surface area (Å²) < 4.78 is 5.27.